The molecule has 2 heterocycles. The highest BCUT2D eigenvalue weighted by Gasteiger charge is 2.31. The molecule has 0 fully saturated rings. The quantitative estimate of drug-likeness (QED) is 0.427. The van der Waals surface area contributed by atoms with Gasteiger partial charge < -0.3 is 25.3 Å². The Kier molecular flexibility index (Phi) is 6.53. The van der Waals surface area contributed by atoms with E-state index in [0.29, 0.717) is 36.6 Å². The summed E-state index contributed by atoms with van der Waals surface area (Å²) in [5.41, 5.74) is 5.56. The molecule has 3 N–H and O–H groups in total. The Labute approximate surface area is 169 Å². The maximum Gasteiger partial charge on any atom is 0.417 e. The first-order valence-electron chi connectivity index (χ1n) is 8.65. The van der Waals surface area contributed by atoms with E-state index in [4.69, 9.17) is 31.5 Å². The molecule has 1 aliphatic heterocycles. The molecule has 29 heavy (non-hydrogen) atoms. The van der Waals surface area contributed by atoms with Crippen molar-refractivity contribution in [3.05, 3.63) is 41.0 Å². The molecule has 0 bridgehead atoms. The molecule has 1 aromatic carbocycles. The Hall–Kier alpha value is -2.88. The monoisotopic (exact) mass is 430 g/mol. The second kappa shape index (κ2) is 9.08. The van der Waals surface area contributed by atoms with Gasteiger partial charge in [-0.1, -0.05) is 11.6 Å². The molecular formula is C18H18ClF3N4O3. The number of halogens is 4. The minimum Gasteiger partial charge on any atom is -0.490 e. The highest BCUT2D eigenvalue weighted by Crippen LogP contribution is 2.33. The van der Waals surface area contributed by atoms with Crippen LogP contribution in [0.3, 0.4) is 0 Å². The van der Waals surface area contributed by atoms with Crippen molar-refractivity contribution in [2.75, 3.05) is 31.7 Å². The van der Waals surface area contributed by atoms with E-state index in [1.807, 2.05) is 0 Å². The summed E-state index contributed by atoms with van der Waals surface area (Å²) >= 11 is 5.77. The Morgan fingerprint density at radius 2 is 2.00 bits per heavy atom. The average Bonchev–Trinajstić information content (AvgIpc) is 2.90. The number of anilines is 1. The predicted molar refractivity (Wildman–Crippen MR) is 102 cm³/mol. The summed E-state index contributed by atoms with van der Waals surface area (Å²) in [7, 11) is 0. The van der Waals surface area contributed by atoms with Crippen LogP contribution in [0.1, 0.15) is 12.0 Å². The van der Waals surface area contributed by atoms with Gasteiger partial charge in [-0.3, -0.25) is 0 Å². The maximum absolute atomic E-state index is 12.6. The number of guanidine groups is 1. The van der Waals surface area contributed by atoms with Crippen LogP contribution in [0.2, 0.25) is 5.02 Å². The third-order valence-electron chi connectivity index (χ3n) is 3.77. The highest BCUT2D eigenvalue weighted by molar-refractivity contribution is 6.31. The van der Waals surface area contributed by atoms with Crippen molar-refractivity contribution in [1.82, 2.24) is 4.98 Å². The fraction of sp³-hybridized carbons (Fsp3) is 0.333. The Morgan fingerprint density at radius 3 is 2.72 bits per heavy atom. The van der Waals surface area contributed by atoms with Crippen molar-refractivity contribution in [3.8, 4) is 17.4 Å². The topological polar surface area (TPSA) is 91.0 Å². The van der Waals surface area contributed by atoms with Crippen molar-refractivity contribution in [3.63, 3.8) is 0 Å². The summed E-state index contributed by atoms with van der Waals surface area (Å²) < 4.78 is 54.2. The average molecular weight is 431 g/mol. The van der Waals surface area contributed by atoms with Gasteiger partial charge in [0.05, 0.1) is 25.3 Å². The first-order chi connectivity index (χ1) is 13.8. The number of rotatable bonds is 5. The lowest BCUT2D eigenvalue weighted by atomic mass is 10.3. The number of aliphatic imine (C=N–C) groups is 1. The molecule has 2 aromatic rings. The lowest BCUT2D eigenvalue weighted by Gasteiger charge is -2.11. The van der Waals surface area contributed by atoms with Gasteiger partial charge in [0.2, 0.25) is 5.88 Å². The molecule has 3 rings (SSSR count). The van der Waals surface area contributed by atoms with E-state index < -0.39 is 11.7 Å². The van der Waals surface area contributed by atoms with E-state index in [1.165, 1.54) is 0 Å². The Bertz CT molecular complexity index is 893. The number of fused-ring (bicyclic) bond motifs is 1. The number of benzene rings is 1. The molecule has 0 aliphatic carbocycles. The van der Waals surface area contributed by atoms with Gasteiger partial charge in [0.15, 0.2) is 17.5 Å². The van der Waals surface area contributed by atoms with Crippen LogP contribution in [0.15, 0.2) is 35.5 Å². The fourth-order valence-corrected chi connectivity index (χ4v) is 2.64. The van der Waals surface area contributed by atoms with Gasteiger partial charge >= 0.3 is 6.18 Å². The summed E-state index contributed by atoms with van der Waals surface area (Å²) in [6, 6.07) is 6.06. The molecule has 0 radical (unpaired) electrons. The van der Waals surface area contributed by atoms with Gasteiger partial charge in [0, 0.05) is 24.4 Å². The third kappa shape index (κ3) is 5.80. The smallest absolute Gasteiger partial charge is 0.417 e. The second-order valence-corrected chi connectivity index (χ2v) is 6.37. The summed E-state index contributed by atoms with van der Waals surface area (Å²) in [4.78, 5) is 7.67. The molecule has 1 aliphatic rings. The van der Waals surface area contributed by atoms with Gasteiger partial charge in [-0.2, -0.15) is 13.2 Å². The van der Waals surface area contributed by atoms with Gasteiger partial charge in [0.1, 0.15) is 11.6 Å². The molecule has 0 unspecified atom stereocenters. The minimum absolute atomic E-state index is 0.0294. The van der Waals surface area contributed by atoms with Crippen molar-refractivity contribution in [1.29, 1.82) is 0 Å². The van der Waals surface area contributed by atoms with Crippen molar-refractivity contribution >= 4 is 23.2 Å². The molecule has 0 saturated carbocycles. The first-order valence-corrected chi connectivity index (χ1v) is 9.03. The zero-order valence-electron chi connectivity index (χ0n) is 15.1. The Balaban J connectivity index is 1.51. The van der Waals surface area contributed by atoms with Crippen molar-refractivity contribution in [2.45, 2.75) is 12.6 Å². The molecule has 11 heteroatoms. The number of alkyl halides is 3. The van der Waals surface area contributed by atoms with Crippen LogP contribution < -0.4 is 25.3 Å². The van der Waals surface area contributed by atoms with Crippen molar-refractivity contribution < 1.29 is 27.4 Å². The van der Waals surface area contributed by atoms with E-state index in [9.17, 15) is 13.2 Å². The van der Waals surface area contributed by atoms with Gasteiger partial charge in [-0.25, -0.2) is 9.98 Å². The lowest BCUT2D eigenvalue weighted by Crippen LogP contribution is -2.23. The molecule has 1 aromatic heterocycles. The highest BCUT2D eigenvalue weighted by atomic mass is 35.5. The number of nitrogens with zero attached hydrogens (tertiary/aromatic N) is 2. The van der Waals surface area contributed by atoms with Crippen molar-refractivity contribution in [2.24, 2.45) is 10.7 Å². The Morgan fingerprint density at radius 1 is 1.24 bits per heavy atom. The van der Waals surface area contributed by atoms with Crippen LogP contribution in [0.4, 0.5) is 18.9 Å². The van der Waals surface area contributed by atoms with E-state index >= 15 is 0 Å². The number of hydrogen-bond acceptors (Lipinski definition) is 5. The number of hydrogen-bond donors (Lipinski definition) is 2. The largest absolute Gasteiger partial charge is 0.490 e. The number of aromatic nitrogens is 1. The van der Waals surface area contributed by atoms with E-state index in [0.717, 1.165) is 12.5 Å². The summed E-state index contributed by atoms with van der Waals surface area (Å²) in [5, 5.41) is 2.68. The van der Waals surface area contributed by atoms with Crippen LogP contribution in [-0.4, -0.2) is 37.3 Å². The molecule has 0 saturated heterocycles. The molecule has 156 valence electrons. The van der Waals surface area contributed by atoms with Gasteiger partial charge in [0.25, 0.3) is 0 Å². The predicted octanol–water partition coefficient (Wildman–Crippen LogP) is 3.72. The van der Waals surface area contributed by atoms with Crippen LogP contribution >= 0.6 is 11.6 Å². The van der Waals surface area contributed by atoms with E-state index in [2.05, 4.69) is 15.3 Å². The van der Waals surface area contributed by atoms with E-state index in [-0.39, 0.29) is 30.0 Å². The summed E-state index contributed by atoms with van der Waals surface area (Å²) in [6.45, 7) is 1.34. The summed E-state index contributed by atoms with van der Waals surface area (Å²) in [6.07, 6.45) is -3.06. The third-order valence-corrected chi connectivity index (χ3v) is 4.04. The van der Waals surface area contributed by atoms with Crippen LogP contribution in [0.25, 0.3) is 0 Å². The zero-order valence-corrected chi connectivity index (χ0v) is 15.9. The maximum atomic E-state index is 12.6. The van der Waals surface area contributed by atoms with Gasteiger partial charge in [-0.15, -0.1) is 0 Å². The van der Waals surface area contributed by atoms with E-state index in [1.54, 1.807) is 18.2 Å². The van der Waals surface area contributed by atoms with Crippen LogP contribution in [0.5, 0.6) is 17.4 Å². The van der Waals surface area contributed by atoms with Gasteiger partial charge in [-0.05, 0) is 18.2 Å². The normalized spacial score (nSPS) is 14.3. The molecule has 0 atom stereocenters. The molecule has 0 amide bonds. The SMILES string of the molecule is NC(=NCCOc1ncc(C(F)(F)F)cc1Cl)Nc1ccc2c(c1)OCCCO2. The first kappa shape index (κ1) is 20.8. The number of pyridine rings is 1. The second-order valence-electron chi connectivity index (χ2n) is 5.96. The number of ether oxygens (including phenoxy) is 3. The van der Waals surface area contributed by atoms with Crippen LogP contribution in [0, 0.1) is 0 Å². The standard InChI is InChI=1S/C18H18ClF3N4O3/c19-13-8-11(18(20,21)22)10-25-16(13)29-7-4-24-17(23)26-12-2-3-14-15(9-12)28-6-1-5-27-14/h2-3,8-10H,1,4-7H2,(H3,23,24,26). The fourth-order valence-electron chi connectivity index (χ4n) is 2.42. The molecule has 7 nitrogen and oxygen atoms in total. The lowest BCUT2D eigenvalue weighted by molar-refractivity contribution is -0.137. The molecular weight excluding hydrogens is 413 g/mol. The summed E-state index contributed by atoms with van der Waals surface area (Å²) in [5.74, 6) is 1.31. The number of nitrogens with one attached hydrogen (secondary N) is 1. The molecule has 0 spiro atoms. The zero-order chi connectivity index (χ0) is 20.9. The van der Waals surface area contributed by atoms with Crippen LogP contribution in [-0.2, 0) is 6.18 Å². The number of nitrogens with two attached hydrogens (primary N) is 1. The minimum atomic E-state index is -4.52.